The van der Waals surface area contributed by atoms with E-state index in [1.807, 2.05) is 0 Å². The van der Waals surface area contributed by atoms with Crippen LogP contribution in [-0.2, 0) is 4.74 Å². The zero-order valence-corrected chi connectivity index (χ0v) is 7.60. The molecule has 2 N–H and O–H groups in total. The number of nitrogens with zero attached hydrogens (tertiary/aromatic N) is 1. The molecule has 6 heteroatoms. The van der Waals surface area contributed by atoms with Crippen LogP contribution in [0.4, 0.5) is 0 Å². The summed E-state index contributed by atoms with van der Waals surface area (Å²) in [4.78, 5) is 11.2. The number of rotatable bonds is 6. The van der Waals surface area contributed by atoms with Gasteiger partial charge in [-0.05, 0) is 0 Å². The second-order valence-electron chi connectivity index (χ2n) is 2.47. The molecule has 0 unspecified atom stereocenters. The maximum Gasteiger partial charge on any atom is 0.289 e. The van der Waals surface area contributed by atoms with E-state index in [4.69, 9.17) is 9.84 Å². The van der Waals surface area contributed by atoms with Crippen LogP contribution in [0.2, 0.25) is 0 Å². The fourth-order valence-electron chi connectivity index (χ4n) is 0.823. The van der Waals surface area contributed by atoms with E-state index in [1.54, 1.807) is 0 Å². The molecule has 1 amide bonds. The smallest absolute Gasteiger partial charge is 0.289 e. The van der Waals surface area contributed by atoms with Gasteiger partial charge in [-0.2, -0.15) is 0 Å². The van der Waals surface area contributed by atoms with Crippen LogP contribution in [0.5, 0.6) is 0 Å². The number of hydrogen-bond acceptors (Lipinski definition) is 5. The van der Waals surface area contributed by atoms with E-state index < -0.39 is 0 Å². The van der Waals surface area contributed by atoms with E-state index in [0.717, 1.165) is 0 Å². The number of hydrogen-bond donors (Lipinski definition) is 2. The molecule has 1 aromatic heterocycles. The van der Waals surface area contributed by atoms with Gasteiger partial charge in [-0.3, -0.25) is 4.79 Å². The van der Waals surface area contributed by atoms with Crippen molar-refractivity contribution in [3.05, 3.63) is 18.0 Å². The van der Waals surface area contributed by atoms with E-state index in [2.05, 4.69) is 15.0 Å². The van der Waals surface area contributed by atoms with Crippen molar-refractivity contribution in [2.45, 2.75) is 0 Å². The predicted molar refractivity (Wildman–Crippen MR) is 46.7 cm³/mol. The Balaban J connectivity index is 2.10. The Bertz CT molecular complexity index is 260. The third-order valence-electron chi connectivity index (χ3n) is 1.43. The van der Waals surface area contributed by atoms with Gasteiger partial charge >= 0.3 is 0 Å². The van der Waals surface area contributed by atoms with Gasteiger partial charge in [0.25, 0.3) is 5.91 Å². The van der Waals surface area contributed by atoms with Crippen LogP contribution >= 0.6 is 0 Å². The molecule has 0 bridgehead atoms. The Morgan fingerprint density at radius 1 is 1.64 bits per heavy atom. The zero-order valence-electron chi connectivity index (χ0n) is 7.60. The summed E-state index contributed by atoms with van der Waals surface area (Å²) in [5.41, 5.74) is 0. The number of amides is 1. The Labute approximate surface area is 80.8 Å². The van der Waals surface area contributed by atoms with Crippen LogP contribution in [0.25, 0.3) is 0 Å². The third kappa shape index (κ3) is 3.55. The van der Waals surface area contributed by atoms with Crippen LogP contribution in [-0.4, -0.2) is 42.5 Å². The molecular weight excluding hydrogens is 188 g/mol. The van der Waals surface area contributed by atoms with Gasteiger partial charge in [0, 0.05) is 12.6 Å². The number of nitrogens with one attached hydrogen (secondary N) is 1. The van der Waals surface area contributed by atoms with E-state index in [-0.39, 0.29) is 24.9 Å². The first-order valence-electron chi connectivity index (χ1n) is 4.22. The molecule has 0 fully saturated rings. The Kier molecular flexibility index (Phi) is 4.66. The third-order valence-corrected chi connectivity index (χ3v) is 1.43. The number of aliphatic hydroxyl groups excluding tert-OH is 1. The van der Waals surface area contributed by atoms with E-state index >= 15 is 0 Å². The molecule has 1 rings (SSSR count). The summed E-state index contributed by atoms with van der Waals surface area (Å²) in [5, 5.41) is 14.4. The van der Waals surface area contributed by atoms with Crippen molar-refractivity contribution in [3.8, 4) is 0 Å². The lowest BCUT2D eigenvalue weighted by atomic mass is 10.4. The highest BCUT2D eigenvalue weighted by Gasteiger charge is 2.07. The van der Waals surface area contributed by atoms with Crippen LogP contribution in [0, 0.1) is 0 Å². The molecule has 0 aliphatic rings. The van der Waals surface area contributed by atoms with Gasteiger partial charge in [0.2, 0.25) is 5.76 Å². The van der Waals surface area contributed by atoms with Crippen LogP contribution in [0.3, 0.4) is 0 Å². The highest BCUT2D eigenvalue weighted by Crippen LogP contribution is 1.94. The minimum Gasteiger partial charge on any atom is -0.394 e. The Morgan fingerprint density at radius 2 is 2.50 bits per heavy atom. The van der Waals surface area contributed by atoms with Gasteiger partial charge in [0.1, 0.15) is 0 Å². The summed E-state index contributed by atoms with van der Waals surface area (Å²) in [6.07, 6.45) is 1.40. The van der Waals surface area contributed by atoms with Crippen molar-refractivity contribution >= 4 is 5.91 Å². The molecular formula is C8H12N2O4. The number of ether oxygens (including phenoxy) is 1. The first-order chi connectivity index (χ1) is 6.84. The molecule has 0 saturated heterocycles. The number of aliphatic hydroxyl groups is 1. The Hall–Kier alpha value is -1.40. The second-order valence-corrected chi connectivity index (χ2v) is 2.47. The number of carbonyl (C=O) groups is 1. The standard InChI is InChI=1S/C8H12N2O4/c11-4-6-13-5-3-9-8(12)7-1-2-10-14-7/h1-2,11H,3-6H2,(H,9,12). The molecule has 0 aliphatic carbocycles. The molecule has 0 atom stereocenters. The fraction of sp³-hybridized carbons (Fsp3) is 0.500. The second kappa shape index (κ2) is 6.11. The van der Waals surface area contributed by atoms with Crippen molar-refractivity contribution in [1.82, 2.24) is 10.5 Å². The van der Waals surface area contributed by atoms with Crippen molar-refractivity contribution in [2.24, 2.45) is 0 Å². The molecule has 1 aromatic rings. The summed E-state index contributed by atoms with van der Waals surface area (Å²) in [6, 6.07) is 1.48. The molecule has 0 spiro atoms. The first-order valence-corrected chi connectivity index (χ1v) is 4.22. The van der Waals surface area contributed by atoms with E-state index in [1.165, 1.54) is 12.3 Å². The summed E-state index contributed by atoms with van der Waals surface area (Å²) in [6.45, 7) is 0.994. The van der Waals surface area contributed by atoms with Crippen molar-refractivity contribution in [1.29, 1.82) is 0 Å². The monoisotopic (exact) mass is 200 g/mol. The van der Waals surface area contributed by atoms with Crippen molar-refractivity contribution in [3.63, 3.8) is 0 Å². The summed E-state index contributed by atoms with van der Waals surface area (Å²) < 4.78 is 9.57. The summed E-state index contributed by atoms with van der Waals surface area (Å²) >= 11 is 0. The van der Waals surface area contributed by atoms with Crippen LogP contribution in [0.1, 0.15) is 10.6 Å². The average Bonchev–Trinajstić information content (AvgIpc) is 2.70. The lowest BCUT2D eigenvalue weighted by molar-refractivity contribution is 0.0816. The molecule has 0 aliphatic heterocycles. The van der Waals surface area contributed by atoms with Crippen LogP contribution in [0.15, 0.2) is 16.8 Å². The van der Waals surface area contributed by atoms with Gasteiger partial charge in [-0.15, -0.1) is 0 Å². The maximum atomic E-state index is 11.2. The molecule has 0 radical (unpaired) electrons. The van der Waals surface area contributed by atoms with Gasteiger partial charge in [-0.25, -0.2) is 0 Å². The highest BCUT2D eigenvalue weighted by atomic mass is 16.5. The van der Waals surface area contributed by atoms with Gasteiger partial charge in [0.05, 0.1) is 26.0 Å². The lowest BCUT2D eigenvalue weighted by Crippen LogP contribution is -2.27. The minimum atomic E-state index is -0.324. The van der Waals surface area contributed by atoms with E-state index in [0.29, 0.717) is 13.2 Å². The summed E-state index contributed by atoms with van der Waals surface area (Å²) in [5.74, 6) is -0.151. The van der Waals surface area contributed by atoms with Gasteiger partial charge < -0.3 is 19.7 Å². The highest BCUT2D eigenvalue weighted by molar-refractivity contribution is 5.91. The van der Waals surface area contributed by atoms with Gasteiger partial charge in [-0.1, -0.05) is 5.16 Å². The Morgan fingerprint density at radius 3 is 3.14 bits per heavy atom. The topological polar surface area (TPSA) is 84.6 Å². The molecule has 0 aromatic carbocycles. The molecule has 14 heavy (non-hydrogen) atoms. The zero-order chi connectivity index (χ0) is 10.2. The maximum absolute atomic E-state index is 11.2. The average molecular weight is 200 g/mol. The minimum absolute atomic E-state index is 0.0178. The quantitative estimate of drug-likeness (QED) is 0.600. The van der Waals surface area contributed by atoms with Crippen molar-refractivity contribution in [2.75, 3.05) is 26.4 Å². The van der Waals surface area contributed by atoms with Crippen molar-refractivity contribution < 1.29 is 19.2 Å². The summed E-state index contributed by atoms with van der Waals surface area (Å²) in [7, 11) is 0. The molecule has 78 valence electrons. The molecule has 0 saturated carbocycles. The fourth-order valence-corrected chi connectivity index (χ4v) is 0.823. The lowest BCUT2D eigenvalue weighted by Gasteiger charge is -2.02. The largest absolute Gasteiger partial charge is 0.394 e. The predicted octanol–water partition coefficient (Wildman–Crippen LogP) is -0.587. The number of carbonyl (C=O) groups excluding carboxylic acids is 1. The van der Waals surface area contributed by atoms with Crippen LogP contribution < -0.4 is 5.32 Å². The SMILES string of the molecule is O=C(NCCOCCO)c1ccno1. The number of aromatic nitrogens is 1. The molecule has 1 heterocycles. The van der Waals surface area contributed by atoms with E-state index in [9.17, 15) is 4.79 Å². The first kappa shape index (κ1) is 10.7. The molecule has 6 nitrogen and oxygen atoms in total. The normalized spacial score (nSPS) is 10.1. The van der Waals surface area contributed by atoms with Gasteiger partial charge in [0.15, 0.2) is 0 Å².